The molecule has 1 aliphatic rings. The van der Waals surface area contributed by atoms with Gasteiger partial charge < -0.3 is 10.2 Å². The Kier molecular flexibility index (Phi) is 2.89. The van der Waals surface area contributed by atoms with Gasteiger partial charge in [0.15, 0.2) is 0 Å². The summed E-state index contributed by atoms with van der Waals surface area (Å²) in [5.41, 5.74) is 6.95. The van der Waals surface area contributed by atoms with Gasteiger partial charge in [0.2, 0.25) is 0 Å². The van der Waals surface area contributed by atoms with Gasteiger partial charge in [-0.1, -0.05) is 0 Å². The van der Waals surface area contributed by atoms with Gasteiger partial charge in [-0.2, -0.15) is 0 Å². The van der Waals surface area contributed by atoms with E-state index in [2.05, 4.69) is 11.8 Å². The lowest BCUT2D eigenvalue weighted by Crippen LogP contribution is -2.27. The van der Waals surface area contributed by atoms with Gasteiger partial charge in [0.05, 0.1) is 12.5 Å². The summed E-state index contributed by atoms with van der Waals surface area (Å²) in [6.45, 7) is 5.21. The van der Waals surface area contributed by atoms with Gasteiger partial charge in [-0.3, -0.25) is 4.90 Å². The molecule has 2 atom stereocenters. The van der Waals surface area contributed by atoms with E-state index in [1.807, 2.05) is 12.3 Å². The van der Waals surface area contributed by atoms with E-state index in [-0.39, 0.29) is 0 Å². The van der Waals surface area contributed by atoms with E-state index in [0.29, 0.717) is 12.0 Å². The van der Waals surface area contributed by atoms with Gasteiger partial charge >= 0.3 is 0 Å². The Balaban J connectivity index is 1.93. The third-order valence-corrected chi connectivity index (χ3v) is 3.09. The molecule has 14 heavy (non-hydrogen) atoms. The number of rotatable bonds is 3. The molecule has 0 bridgehead atoms. The van der Waals surface area contributed by atoms with E-state index < -0.39 is 0 Å². The molecule has 1 aliphatic heterocycles. The van der Waals surface area contributed by atoms with E-state index in [1.54, 1.807) is 6.26 Å². The average Bonchev–Trinajstić information content (AvgIpc) is 2.78. The fourth-order valence-corrected chi connectivity index (χ4v) is 2.23. The zero-order valence-electron chi connectivity index (χ0n) is 8.65. The molecule has 0 aromatic carbocycles. The molecular formula is C11H18N2O. The van der Waals surface area contributed by atoms with Crippen LogP contribution in [0.5, 0.6) is 0 Å². The van der Waals surface area contributed by atoms with Crippen molar-refractivity contribution in [3.8, 4) is 0 Å². The molecule has 0 saturated carbocycles. The number of nitrogens with two attached hydrogens (primary N) is 1. The highest BCUT2D eigenvalue weighted by atomic mass is 16.3. The first-order valence-electron chi connectivity index (χ1n) is 5.24. The quantitative estimate of drug-likeness (QED) is 0.792. The van der Waals surface area contributed by atoms with Crippen LogP contribution in [0.15, 0.2) is 23.0 Å². The number of furan rings is 1. The molecule has 3 heteroatoms. The van der Waals surface area contributed by atoms with Crippen molar-refractivity contribution in [2.75, 3.05) is 13.1 Å². The topological polar surface area (TPSA) is 42.4 Å². The molecule has 1 aromatic rings. The summed E-state index contributed by atoms with van der Waals surface area (Å²) in [5, 5.41) is 0. The van der Waals surface area contributed by atoms with Crippen LogP contribution in [0.25, 0.3) is 0 Å². The number of hydrogen-bond donors (Lipinski definition) is 1. The van der Waals surface area contributed by atoms with E-state index in [9.17, 15) is 0 Å². The van der Waals surface area contributed by atoms with Crippen LogP contribution in [0.4, 0.5) is 0 Å². The van der Waals surface area contributed by atoms with Crippen LogP contribution < -0.4 is 5.73 Å². The highest BCUT2D eigenvalue weighted by molar-refractivity contribution is 5.05. The van der Waals surface area contributed by atoms with Crippen molar-refractivity contribution >= 4 is 0 Å². The maximum atomic E-state index is 5.69. The van der Waals surface area contributed by atoms with Crippen LogP contribution >= 0.6 is 0 Å². The zero-order valence-corrected chi connectivity index (χ0v) is 8.65. The molecule has 78 valence electrons. The van der Waals surface area contributed by atoms with Crippen molar-refractivity contribution < 1.29 is 4.42 Å². The molecule has 0 aliphatic carbocycles. The summed E-state index contributed by atoms with van der Waals surface area (Å²) in [6, 6.07) is 2.68. The molecule has 2 rings (SSSR count). The minimum atomic E-state index is 0.651. The van der Waals surface area contributed by atoms with Crippen LogP contribution in [0.2, 0.25) is 0 Å². The number of hydrogen-bond acceptors (Lipinski definition) is 3. The maximum absolute atomic E-state index is 5.69. The van der Waals surface area contributed by atoms with Crippen LogP contribution in [0.1, 0.15) is 18.9 Å². The molecule has 2 unspecified atom stereocenters. The zero-order chi connectivity index (χ0) is 9.97. The monoisotopic (exact) mass is 194 g/mol. The van der Waals surface area contributed by atoms with Gasteiger partial charge in [-0.15, -0.1) is 0 Å². The summed E-state index contributed by atoms with van der Waals surface area (Å²) in [4.78, 5) is 2.47. The molecule has 1 saturated heterocycles. The molecule has 0 amide bonds. The van der Waals surface area contributed by atoms with Crippen LogP contribution in [0.3, 0.4) is 0 Å². The lowest BCUT2D eigenvalue weighted by Gasteiger charge is -2.19. The van der Waals surface area contributed by atoms with Crippen LogP contribution in [-0.4, -0.2) is 24.0 Å². The van der Waals surface area contributed by atoms with Crippen molar-refractivity contribution in [1.29, 1.82) is 0 Å². The summed E-state index contributed by atoms with van der Waals surface area (Å²) >= 11 is 0. The lowest BCUT2D eigenvalue weighted by molar-refractivity contribution is 0.255. The van der Waals surface area contributed by atoms with Gasteiger partial charge in [-0.05, 0) is 31.9 Å². The summed E-state index contributed by atoms with van der Waals surface area (Å²) in [7, 11) is 0. The molecule has 1 fully saturated rings. The Morgan fingerprint density at radius 3 is 3.07 bits per heavy atom. The first-order valence-corrected chi connectivity index (χ1v) is 5.24. The molecule has 1 aromatic heterocycles. The van der Waals surface area contributed by atoms with E-state index in [1.165, 1.54) is 12.0 Å². The Morgan fingerprint density at radius 1 is 1.64 bits per heavy atom. The van der Waals surface area contributed by atoms with E-state index >= 15 is 0 Å². The predicted octanol–water partition coefficient (Wildman–Crippen LogP) is 1.45. The SMILES string of the molecule is CC1CC(CN)CN1Cc1ccoc1. The Labute approximate surface area is 84.9 Å². The average molecular weight is 194 g/mol. The number of nitrogens with zero attached hydrogens (tertiary/aromatic N) is 1. The largest absolute Gasteiger partial charge is 0.472 e. The Bertz CT molecular complexity index is 271. The van der Waals surface area contributed by atoms with Gasteiger partial charge in [0.25, 0.3) is 0 Å². The summed E-state index contributed by atoms with van der Waals surface area (Å²) in [6.07, 6.45) is 4.79. The number of likely N-dealkylation sites (tertiary alicyclic amines) is 1. The fourth-order valence-electron chi connectivity index (χ4n) is 2.23. The Hall–Kier alpha value is -0.800. The third kappa shape index (κ3) is 1.99. The minimum absolute atomic E-state index is 0.651. The summed E-state index contributed by atoms with van der Waals surface area (Å²) < 4.78 is 5.06. The van der Waals surface area contributed by atoms with Crippen LogP contribution in [-0.2, 0) is 6.54 Å². The summed E-state index contributed by atoms with van der Waals surface area (Å²) in [5.74, 6) is 0.678. The molecule has 2 heterocycles. The first kappa shape index (κ1) is 9.74. The van der Waals surface area contributed by atoms with Gasteiger partial charge in [0.1, 0.15) is 0 Å². The predicted molar refractivity (Wildman–Crippen MR) is 55.7 cm³/mol. The lowest BCUT2D eigenvalue weighted by atomic mass is 10.1. The molecule has 0 radical (unpaired) electrons. The van der Waals surface area contributed by atoms with Crippen molar-refractivity contribution in [3.05, 3.63) is 24.2 Å². The highest BCUT2D eigenvalue weighted by Gasteiger charge is 2.27. The molecule has 3 nitrogen and oxygen atoms in total. The van der Waals surface area contributed by atoms with Crippen molar-refractivity contribution in [2.45, 2.75) is 25.9 Å². The molecule has 2 N–H and O–H groups in total. The van der Waals surface area contributed by atoms with Gasteiger partial charge in [-0.25, -0.2) is 0 Å². The van der Waals surface area contributed by atoms with Crippen molar-refractivity contribution in [2.24, 2.45) is 11.7 Å². The van der Waals surface area contributed by atoms with E-state index in [4.69, 9.17) is 10.2 Å². The fraction of sp³-hybridized carbons (Fsp3) is 0.636. The second-order valence-electron chi connectivity index (χ2n) is 4.25. The van der Waals surface area contributed by atoms with E-state index in [0.717, 1.165) is 19.6 Å². The standard InChI is InChI=1S/C11H18N2O/c1-9-4-11(5-12)7-13(9)6-10-2-3-14-8-10/h2-3,8-9,11H,4-7,12H2,1H3. The van der Waals surface area contributed by atoms with Crippen molar-refractivity contribution in [3.63, 3.8) is 0 Å². The maximum Gasteiger partial charge on any atom is 0.0947 e. The smallest absolute Gasteiger partial charge is 0.0947 e. The van der Waals surface area contributed by atoms with Crippen LogP contribution in [0, 0.1) is 5.92 Å². The van der Waals surface area contributed by atoms with Gasteiger partial charge in [0, 0.05) is 24.7 Å². The first-order chi connectivity index (χ1) is 6.79. The normalized spacial score (nSPS) is 28.4. The highest BCUT2D eigenvalue weighted by Crippen LogP contribution is 2.23. The second kappa shape index (κ2) is 4.15. The van der Waals surface area contributed by atoms with Crippen molar-refractivity contribution in [1.82, 2.24) is 4.90 Å². The Morgan fingerprint density at radius 2 is 2.50 bits per heavy atom. The third-order valence-electron chi connectivity index (χ3n) is 3.09. The molecule has 0 spiro atoms. The second-order valence-corrected chi connectivity index (χ2v) is 4.25. The minimum Gasteiger partial charge on any atom is -0.472 e. The molecular weight excluding hydrogens is 176 g/mol.